The van der Waals surface area contributed by atoms with Gasteiger partial charge in [-0.2, -0.15) is 0 Å². The zero-order valence-corrected chi connectivity index (χ0v) is 10.6. The zero-order chi connectivity index (χ0) is 13.4. The van der Waals surface area contributed by atoms with Crippen LogP contribution in [-0.4, -0.2) is 26.2 Å². The minimum Gasteiger partial charge on any atom is -0.493 e. The van der Waals surface area contributed by atoms with Crippen molar-refractivity contribution in [2.75, 3.05) is 20.3 Å². The highest BCUT2D eigenvalue weighted by molar-refractivity contribution is 5.94. The van der Waals surface area contributed by atoms with Gasteiger partial charge >= 0.3 is 0 Å². The molecule has 0 heterocycles. The molecule has 0 fully saturated rings. The van der Waals surface area contributed by atoms with Gasteiger partial charge in [0.05, 0.1) is 13.7 Å². The molecule has 0 aromatic heterocycles. The van der Waals surface area contributed by atoms with Crippen molar-refractivity contribution in [3.8, 4) is 11.5 Å². The van der Waals surface area contributed by atoms with Crippen LogP contribution in [0.4, 0.5) is 0 Å². The maximum atomic E-state index is 11.6. The van der Waals surface area contributed by atoms with Gasteiger partial charge in [0.15, 0.2) is 11.5 Å². The fraction of sp³-hybridized carbons (Fsp3) is 0.308. The highest BCUT2D eigenvalue weighted by atomic mass is 16.6. The lowest BCUT2D eigenvalue weighted by Crippen LogP contribution is -2.23. The highest BCUT2D eigenvalue weighted by Gasteiger charge is 2.10. The van der Waals surface area contributed by atoms with Gasteiger partial charge in [0, 0.05) is 5.56 Å². The van der Waals surface area contributed by atoms with Crippen LogP contribution in [0.5, 0.6) is 11.5 Å². The molecule has 0 bridgehead atoms. The summed E-state index contributed by atoms with van der Waals surface area (Å²) in [5, 5.41) is 0. The summed E-state index contributed by atoms with van der Waals surface area (Å²) in [5.74, 6) is 0.719. The first-order chi connectivity index (χ1) is 8.72. The average molecular weight is 251 g/mol. The number of rotatable bonds is 7. The first kappa shape index (κ1) is 14.1. The molecule has 0 aliphatic heterocycles. The quantitative estimate of drug-likeness (QED) is 0.594. The molecule has 0 aliphatic carbocycles. The van der Waals surface area contributed by atoms with E-state index in [2.05, 4.69) is 12.1 Å². The number of hydroxylamine groups is 1. The van der Waals surface area contributed by atoms with Crippen LogP contribution in [0.15, 0.2) is 30.9 Å². The molecule has 1 aromatic rings. The van der Waals surface area contributed by atoms with E-state index in [4.69, 9.17) is 14.3 Å². The van der Waals surface area contributed by atoms with Crippen LogP contribution in [-0.2, 0) is 4.84 Å². The van der Waals surface area contributed by atoms with Gasteiger partial charge in [-0.3, -0.25) is 9.63 Å². The van der Waals surface area contributed by atoms with E-state index in [0.29, 0.717) is 30.3 Å². The van der Waals surface area contributed by atoms with Crippen LogP contribution in [0.2, 0.25) is 0 Å². The molecule has 1 rings (SSSR count). The number of benzene rings is 1. The van der Waals surface area contributed by atoms with Gasteiger partial charge in [-0.25, -0.2) is 5.48 Å². The number of ether oxygens (including phenoxy) is 2. The number of hydrogen-bond donors (Lipinski definition) is 1. The monoisotopic (exact) mass is 251 g/mol. The number of methoxy groups -OCH3 is 1. The van der Waals surface area contributed by atoms with E-state index in [-0.39, 0.29) is 5.91 Å². The Labute approximate surface area is 106 Å². The number of carbonyl (C=O) groups excluding carboxylic acids is 1. The lowest BCUT2D eigenvalue weighted by Gasteiger charge is -2.11. The maximum Gasteiger partial charge on any atom is 0.274 e. The third-order valence-corrected chi connectivity index (χ3v) is 2.09. The molecular weight excluding hydrogens is 234 g/mol. The van der Waals surface area contributed by atoms with Gasteiger partial charge in [-0.1, -0.05) is 12.7 Å². The van der Waals surface area contributed by atoms with Crippen LogP contribution in [0.3, 0.4) is 0 Å². The second-order valence-electron chi connectivity index (χ2n) is 3.33. The van der Waals surface area contributed by atoms with Crippen LogP contribution in [0, 0.1) is 0 Å². The molecule has 5 heteroatoms. The van der Waals surface area contributed by atoms with E-state index >= 15 is 0 Å². The Kier molecular flexibility index (Phi) is 5.73. The van der Waals surface area contributed by atoms with E-state index in [1.165, 1.54) is 7.11 Å². The summed E-state index contributed by atoms with van der Waals surface area (Å²) in [4.78, 5) is 16.5. The van der Waals surface area contributed by atoms with E-state index in [0.717, 1.165) is 0 Å². The van der Waals surface area contributed by atoms with Crippen LogP contribution < -0.4 is 15.0 Å². The van der Waals surface area contributed by atoms with Crippen molar-refractivity contribution in [1.82, 2.24) is 5.48 Å². The Morgan fingerprint density at radius 3 is 2.83 bits per heavy atom. The number of amides is 1. The Morgan fingerprint density at radius 1 is 1.44 bits per heavy atom. The van der Waals surface area contributed by atoms with Crippen molar-refractivity contribution in [3.05, 3.63) is 36.4 Å². The molecule has 98 valence electrons. The molecular formula is C13H17NO4. The van der Waals surface area contributed by atoms with Crippen molar-refractivity contribution in [2.45, 2.75) is 6.92 Å². The third-order valence-electron chi connectivity index (χ3n) is 2.09. The summed E-state index contributed by atoms with van der Waals surface area (Å²) in [6.45, 7) is 6.13. The number of hydrogen-bond acceptors (Lipinski definition) is 4. The lowest BCUT2D eigenvalue weighted by molar-refractivity contribution is 0.0364. The molecule has 0 unspecified atom stereocenters. The summed E-state index contributed by atoms with van der Waals surface area (Å²) in [5.41, 5.74) is 2.75. The summed E-state index contributed by atoms with van der Waals surface area (Å²) in [6, 6.07) is 4.89. The molecule has 0 saturated heterocycles. The van der Waals surface area contributed by atoms with E-state index in [1.807, 2.05) is 0 Å². The van der Waals surface area contributed by atoms with Crippen molar-refractivity contribution in [1.29, 1.82) is 0 Å². The summed E-state index contributed by atoms with van der Waals surface area (Å²) < 4.78 is 10.5. The summed E-state index contributed by atoms with van der Waals surface area (Å²) in [6.07, 6.45) is 1.63. The fourth-order valence-corrected chi connectivity index (χ4v) is 1.27. The normalized spacial score (nSPS) is 9.67. The molecule has 1 N–H and O–H groups in total. The summed E-state index contributed by atoms with van der Waals surface area (Å²) in [7, 11) is 1.51. The zero-order valence-electron chi connectivity index (χ0n) is 10.6. The maximum absolute atomic E-state index is 11.6. The first-order valence-corrected chi connectivity index (χ1v) is 5.56. The standard InChI is InChI=1S/C13H17NO4/c1-4-8-17-11-7-6-10(9-12(11)16-3)13(15)14-18-5-2/h4,6-7,9H,1,5,8H2,2-3H3,(H,14,15). The summed E-state index contributed by atoms with van der Waals surface area (Å²) >= 11 is 0. The van der Waals surface area contributed by atoms with Gasteiger partial charge in [-0.15, -0.1) is 0 Å². The van der Waals surface area contributed by atoms with Crippen molar-refractivity contribution >= 4 is 5.91 Å². The van der Waals surface area contributed by atoms with E-state index in [1.54, 1.807) is 31.2 Å². The first-order valence-electron chi connectivity index (χ1n) is 5.56. The van der Waals surface area contributed by atoms with Crippen molar-refractivity contribution in [3.63, 3.8) is 0 Å². The second-order valence-corrected chi connectivity index (χ2v) is 3.33. The number of nitrogens with one attached hydrogen (secondary N) is 1. The molecule has 0 atom stereocenters. The van der Waals surface area contributed by atoms with Gasteiger partial charge in [0.1, 0.15) is 6.61 Å². The Morgan fingerprint density at radius 2 is 2.22 bits per heavy atom. The fourth-order valence-electron chi connectivity index (χ4n) is 1.27. The molecule has 0 aliphatic rings. The number of carbonyl (C=O) groups is 1. The average Bonchev–Trinajstić information content (AvgIpc) is 2.42. The third kappa shape index (κ3) is 3.78. The molecule has 0 saturated carbocycles. The van der Waals surface area contributed by atoms with Gasteiger partial charge in [0.25, 0.3) is 5.91 Å². The molecule has 1 aromatic carbocycles. The second kappa shape index (κ2) is 7.34. The van der Waals surface area contributed by atoms with Gasteiger partial charge in [-0.05, 0) is 25.1 Å². The molecule has 1 amide bonds. The van der Waals surface area contributed by atoms with Crippen molar-refractivity contribution in [2.24, 2.45) is 0 Å². The van der Waals surface area contributed by atoms with Crippen LogP contribution >= 0.6 is 0 Å². The van der Waals surface area contributed by atoms with E-state index < -0.39 is 0 Å². The van der Waals surface area contributed by atoms with Crippen LogP contribution in [0.25, 0.3) is 0 Å². The predicted molar refractivity (Wildman–Crippen MR) is 67.8 cm³/mol. The molecule has 18 heavy (non-hydrogen) atoms. The van der Waals surface area contributed by atoms with Gasteiger partial charge in [0.2, 0.25) is 0 Å². The highest BCUT2D eigenvalue weighted by Crippen LogP contribution is 2.28. The molecule has 5 nitrogen and oxygen atoms in total. The van der Waals surface area contributed by atoms with Crippen molar-refractivity contribution < 1.29 is 19.1 Å². The lowest BCUT2D eigenvalue weighted by atomic mass is 10.2. The topological polar surface area (TPSA) is 56.8 Å². The Bertz CT molecular complexity index is 417. The van der Waals surface area contributed by atoms with E-state index in [9.17, 15) is 4.79 Å². The minimum absolute atomic E-state index is 0.328. The smallest absolute Gasteiger partial charge is 0.274 e. The SMILES string of the molecule is C=CCOc1ccc(C(=O)NOCC)cc1OC. The minimum atomic E-state index is -0.328. The largest absolute Gasteiger partial charge is 0.493 e. The molecule has 0 radical (unpaired) electrons. The van der Waals surface area contributed by atoms with Gasteiger partial charge < -0.3 is 9.47 Å². The Balaban J connectivity index is 2.83. The van der Waals surface area contributed by atoms with Crippen LogP contribution in [0.1, 0.15) is 17.3 Å². The predicted octanol–water partition coefficient (Wildman–Crippen LogP) is 1.94. The Hall–Kier alpha value is -2.01. The molecule has 0 spiro atoms.